The van der Waals surface area contributed by atoms with Gasteiger partial charge < -0.3 is 14.7 Å². The van der Waals surface area contributed by atoms with E-state index < -0.39 is 16.4 Å². The molecule has 1 aromatic carbocycles. The van der Waals surface area contributed by atoms with Crippen molar-refractivity contribution in [3.63, 3.8) is 0 Å². The number of aromatic nitrogens is 1. The Balaban J connectivity index is 0.000000628. The molecule has 2 heterocycles. The number of amides is 1. The van der Waals surface area contributed by atoms with Crippen LogP contribution in [-0.2, 0) is 15.0 Å². The maximum atomic E-state index is 12.8. The molecule has 1 saturated heterocycles. The first-order valence-corrected chi connectivity index (χ1v) is 11.0. The SMILES string of the molecule is Cc1cc(N2CCN(S(=O)(=O)N[C@H]3[C@H](C)[C@@H]3c3ccccc3)CC2=O)no1.O=C(O)O. The van der Waals surface area contributed by atoms with E-state index in [2.05, 4.69) is 9.88 Å². The first-order chi connectivity index (χ1) is 14.6. The fourth-order valence-corrected chi connectivity index (χ4v) is 5.11. The second-order valence-corrected chi connectivity index (χ2v) is 9.10. The lowest BCUT2D eigenvalue weighted by Crippen LogP contribution is -2.55. The minimum atomic E-state index is -3.74. The Morgan fingerprint density at radius 2 is 1.87 bits per heavy atom. The predicted molar refractivity (Wildman–Crippen MR) is 110 cm³/mol. The van der Waals surface area contributed by atoms with E-state index in [1.165, 1.54) is 9.21 Å². The number of piperazine rings is 1. The van der Waals surface area contributed by atoms with Crippen LogP contribution in [0.5, 0.6) is 0 Å². The van der Waals surface area contributed by atoms with Crippen LogP contribution in [0.4, 0.5) is 10.6 Å². The van der Waals surface area contributed by atoms with Crippen molar-refractivity contribution in [2.75, 3.05) is 24.5 Å². The first kappa shape index (κ1) is 22.7. The van der Waals surface area contributed by atoms with Crippen LogP contribution in [0, 0.1) is 12.8 Å². The normalized spacial score (nSPS) is 23.7. The topological polar surface area (TPSA) is 153 Å². The fourth-order valence-electron chi connectivity index (χ4n) is 3.66. The third-order valence-electron chi connectivity index (χ3n) is 5.27. The number of hydrogen-bond acceptors (Lipinski definition) is 6. The van der Waals surface area contributed by atoms with Gasteiger partial charge >= 0.3 is 6.16 Å². The molecule has 0 bridgehead atoms. The molecule has 31 heavy (non-hydrogen) atoms. The van der Waals surface area contributed by atoms with Crippen molar-refractivity contribution in [1.29, 1.82) is 0 Å². The van der Waals surface area contributed by atoms with E-state index in [4.69, 9.17) is 19.5 Å². The molecule has 1 aliphatic heterocycles. The first-order valence-electron chi connectivity index (χ1n) is 9.58. The highest BCUT2D eigenvalue weighted by atomic mass is 32.2. The molecular weight excluding hydrogens is 428 g/mol. The summed E-state index contributed by atoms with van der Waals surface area (Å²) in [5, 5.41) is 17.8. The summed E-state index contributed by atoms with van der Waals surface area (Å²) in [7, 11) is -3.74. The number of aryl methyl sites for hydroxylation is 1. The lowest BCUT2D eigenvalue weighted by Gasteiger charge is -2.32. The highest BCUT2D eigenvalue weighted by Crippen LogP contribution is 2.47. The van der Waals surface area contributed by atoms with E-state index >= 15 is 0 Å². The van der Waals surface area contributed by atoms with Gasteiger partial charge in [-0.2, -0.15) is 17.4 Å². The van der Waals surface area contributed by atoms with Crippen LogP contribution < -0.4 is 9.62 Å². The molecule has 11 nitrogen and oxygen atoms in total. The molecule has 1 saturated carbocycles. The van der Waals surface area contributed by atoms with E-state index in [1.807, 2.05) is 37.3 Å². The van der Waals surface area contributed by atoms with Gasteiger partial charge in [0.2, 0.25) is 5.91 Å². The lowest BCUT2D eigenvalue weighted by molar-refractivity contribution is -0.120. The summed E-state index contributed by atoms with van der Waals surface area (Å²) < 4.78 is 34.5. The standard InChI is InChI=1S/C18H22N4O4S.CH2O3/c1-12-10-15(19-26-12)22-9-8-21(11-16(22)23)27(24,25)20-18-13(2)17(18)14-6-4-3-5-7-14;2-1(3)4/h3-7,10,13,17-18,20H,8-9,11H2,1-2H3;(H2,2,3,4)/t13-,17-,18+;/m1./s1. The maximum absolute atomic E-state index is 12.8. The third-order valence-corrected chi connectivity index (χ3v) is 6.83. The van der Waals surface area contributed by atoms with Gasteiger partial charge in [-0.15, -0.1) is 0 Å². The summed E-state index contributed by atoms with van der Waals surface area (Å²) in [4.78, 5) is 22.4. The molecule has 4 rings (SSSR count). The van der Waals surface area contributed by atoms with Gasteiger partial charge in [0, 0.05) is 31.1 Å². The van der Waals surface area contributed by atoms with Crippen molar-refractivity contribution >= 4 is 28.1 Å². The van der Waals surface area contributed by atoms with Crippen molar-refractivity contribution < 1.29 is 32.7 Å². The molecule has 12 heteroatoms. The van der Waals surface area contributed by atoms with Crippen LogP contribution in [0.15, 0.2) is 40.9 Å². The molecule has 0 unspecified atom stereocenters. The largest absolute Gasteiger partial charge is 0.503 e. The fraction of sp³-hybridized carbons (Fsp3) is 0.421. The third kappa shape index (κ3) is 5.40. The summed E-state index contributed by atoms with van der Waals surface area (Å²) in [5.41, 5.74) is 1.12. The van der Waals surface area contributed by atoms with Gasteiger partial charge in [-0.3, -0.25) is 9.69 Å². The van der Waals surface area contributed by atoms with Gasteiger partial charge in [-0.25, -0.2) is 4.79 Å². The van der Waals surface area contributed by atoms with Crippen molar-refractivity contribution in [1.82, 2.24) is 14.2 Å². The number of anilines is 1. The van der Waals surface area contributed by atoms with Gasteiger partial charge in [-0.1, -0.05) is 42.4 Å². The minimum absolute atomic E-state index is 0.149. The molecule has 0 radical (unpaired) electrons. The lowest BCUT2D eigenvalue weighted by atomic mass is 10.1. The van der Waals surface area contributed by atoms with Crippen LogP contribution in [0.3, 0.4) is 0 Å². The number of hydrogen-bond donors (Lipinski definition) is 3. The molecule has 3 atom stereocenters. The van der Waals surface area contributed by atoms with Gasteiger partial charge in [0.25, 0.3) is 10.2 Å². The number of carboxylic acid groups (broad SMARTS) is 2. The second kappa shape index (κ2) is 9.04. The van der Waals surface area contributed by atoms with E-state index in [0.29, 0.717) is 11.6 Å². The number of carbonyl (C=O) groups is 2. The average molecular weight is 452 g/mol. The molecule has 2 aromatic rings. The maximum Gasteiger partial charge on any atom is 0.503 e. The molecule has 1 aliphatic carbocycles. The number of nitrogens with zero attached hydrogens (tertiary/aromatic N) is 3. The molecule has 1 amide bonds. The molecule has 0 spiro atoms. The zero-order valence-corrected chi connectivity index (χ0v) is 17.8. The van der Waals surface area contributed by atoms with Gasteiger partial charge in [0.15, 0.2) is 5.82 Å². The van der Waals surface area contributed by atoms with E-state index in [1.54, 1.807) is 13.0 Å². The molecule has 2 aliphatic rings. The summed E-state index contributed by atoms with van der Waals surface area (Å²) in [5.74, 6) is 1.09. The summed E-state index contributed by atoms with van der Waals surface area (Å²) in [6, 6.07) is 11.4. The van der Waals surface area contributed by atoms with Crippen molar-refractivity contribution in [3.05, 3.63) is 47.7 Å². The Morgan fingerprint density at radius 3 is 2.42 bits per heavy atom. The van der Waals surface area contributed by atoms with Crippen LogP contribution in [0.2, 0.25) is 0 Å². The van der Waals surface area contributed by atoms with Gasteiger partial charge in [-0.05, 0) is 18.4 Å². The van der Waals surface area contributed by atoms with Crippen LogP contribution in [-0.4, -0.2) is 65.8 Å². The van der Waals surface area contributed by atoms with Crippen LogP contribution in [0.25, 0.3) is 0 Å². The number of nitrogens with one attached hydrogen (secondary N) is 1. The Bertz CT molecular complexity index is 1040. The number of carbonyl (C=O) groups excluding carboxylic acids is 1. The zero-order chi connectivity index (χ0) is 22.8. The van der Waals surface area contributed by atoms with E-state index in [-0.39, 0.29) is 43.4 Å². The monoisotopic (exact) mass is 452 g/mol. The highest BCUT2D eigenvalue weighted by molar-refractivity contribution is 7.87. The Hall–Kier alpha value is -2.96. The molecule has 2 fully saturated rings. The smallest absolute Gasteiger partial charge is 0.450 e. The second-order valence-electron chi connectivity index (χ2n) is 7.40. The Kier molecular flexibility index (Phi) is 6.62. The highest BCUT2D eigenvalue weighted by Gasteiger charge is 2.50. The van der Waals surface area contributed by atoms with Crippen LogP contribution >= 0.6 is 0 Å². The van der Waals surface area contributed by atoms with Gasteiger partial charge in [0.1, 0.15) is 5.76 Å². The average Bonchev–Trinajstić information content (AvgIpc) is 3.10. The molecular formula is C19H24N4O7S. The zero-order valence-electron chi connectivity index (χ0n) is 17.0. The minimum Gasteiger partial charge on any atom is -0.450 e. The Morgan fingerprint density at radius 1 is 1.23 bits per heavy atom. The van der Waals surface area contributed by atoms with Crippen molar-refractivity contribution in [2.24, 2.45) is 5.92 Å². The van der Waals surface area contributed by atoms with E-state index in [9.17, 15) is 13.2 Å². The van der Waals surface area contributed by atoms with Gasteiger partial charge in [0.05, 0.1) is 6.54 Å². The Labute approximate surface area is 179 Å². The van der Waals surface area contributed by atoms with Crippen molar-refractivity contribution in [3.8, 4) is 0 Å². The summed E-state index contributed by atoms with van der Waals surface area (Å²) in [6.07, 6.45) is -1.83. The molecule has 3 N–H and O–H groups in total. The van der Waals surface area contributed by atoms with E-state index in [0.717, 1.165) is 5.56 Å². The molecule has 1 aromatic heterocycles. The summed E-state index contributed by atoms with van der Waals surface area (Å²) in [6.45, 7) is 4.02. The summed E-state index contributed by atoms with van der Waals surface area (Å²) >= 11 is 0. The number of benzene rings is 1. The van der Waals surface area contributed by atoms with Crippen molar-refractivity contribution in [2.45, 2.75) is 25.8 Å². The number of rotatable bonds is 5. The predicted octanol–water partition coefficient (Wildman–Crippen LogP) is 1.49. The molecule has 168 valence electrons. The quantitative estimate of drug-likeness (QED) is 0.617. The van der Waals surface area contributed by atoms with Crippen LogP contribution in [0.1, 0.15) is 24.2 Å².